The summed E-state index contributed by atoms with van der Waals surface area (Å²) < 4.78 is 5.71. The maximum absolute atomic E-state index is 13.1. The highest BCUT2D eigenvalue weighted by atomic mass is 32.2. The van der Waals surface area contributed by atoms with Gasteiger partial charge in [-0.25, -0.2) is 4.79 Å². The molecule has 158 valence electrons. The van der Waals surface area contributed by atoms with Gasteiger partial charge in [0.25, 0.3) is 5.91 Å². The zero-order chi connectivity index (χ0) is 20.8. The molecule has 2 aliphatic rings. The third-order valence-electron chi connectivity index (χ3n) is 5.45. The number of para-hydroxylation sites is 1. The van der Waals surface area contributed by atoms with Gasteiger partial charge in [0.05, 0.1) is 11.7 Å². The van der Waals surface area contributed by atoms with Crippen LogP contribution < -0.4 is 5.32 Å². The lowest BCUT2D eigenvalue weighted by atomic mass is 10.2. The second kappa shape index (κ2) is 10.00. The predicted molar refractivity (Wildman–Crippen MR) is 119 cm³/mol. The van der Waals surface area contributed by atoms with Crippen molar-refractivity contribution in [3.05, 3.63) is 60.2 Å². The summed E-state index contributed by atoms with van der Waals surface area (Å²) in [7, 11) is 0. The molecule has 1 atom stereocenters. The summed E-state index contributed by atoms with van der Waals surface area (Å²) in [6, 6.07) is 17.1. The van der Waals surface area contributed by atoms with Gasteiger partial charge >= 0.3 is 6.03 Å². The van der Waals surface area contributed by atoms with Crippen LogP contribution in [-0.2, 0) is 4.74 Å². The SMILES string of the molecule is O=C(Nc1ccccc1)N1CCN(C(=O)c2ccccc2SC[C@H]2CCCO2)CC1. The number of hydrogen-bond donors (Lipinski definition) is 1. The largest absolute Gasteiger partial charge is 0.377 e. The van der Waals surface area contributed by atoms with Gasteiger partial charge in [-0.05, 0) is 37.1 Å². The van der Waals surface area contributed by atoms with Gasteiger partial charge in [-0.2, -0.15) is 0 Å². The number of carbonyl (C=O) groups is 2. The van der Waals surface area contributed by atoms with E-state index in [1.165, 1.54) is 0 Å². The molecule has 3 amide bonds. The van der Waals surface area contributed by atoms with Crippen molar-refractivity contribution >= 4 is 29.4 Å². The van der Waals surface area contributed by atoms with Gasteiger partial charge in [0.2, 0.25) is 0 Å². The summed E-state index contributed by atoms with van der Waals surface area (Å²) in [5.41, 5.74) is 1.51. The smallest absolute Gasteiger partial charge is 0.321 e. The lowest BCUT2D eigenvalue weighted by Crippen LogP contribution is -2.51. The zero-order valence-corrected chi connectivity index (χ0v) is 17.8. The van der Waals surface area contributed by atoms with Crippen molar-refractivity contribution in [1.29, 1.82) is 0 Å². The molecule has 2 aromatic carbocycles. The van der Waals surface area contributed by atoms with Crippen molar-refractivity contribution in [1.82, 2.24) is 9.80 Å². The fourth-order valence-corrected chi connectivity index (χ4v) is 4.85. The first kappa shape index (κ1) is 20.8. The Labute approximate surface area is 181 Å². The van der Waals surface area contributed by atoms with Gasteiger partial charge in [-0.3, -0.25) is 4.79 Å². The standard InChI is InChI=1S/C23H27N3O3S/c27-22(20-10-4-5-11-21(20)30-17-19-9-6-16-29-19)25-12-14-26(15-13-25)23(28)24-18-7-2-1-3-8-18/h1-5,7-8,10-11,19H,6,9,12-17H2,(H,24,28)/t19-/m1/s1. The molecule has 0 spiro atoms. The van der Waals surface area contributed by atoms with E-state index in [1.807, 2.05) is 59.5 Å². The van der Waals surface area contributed by atoms with E-state index in [2.05, 4.69) is 5.32 Å². The summed E-state index contributed by atoms with van der Waals surface area (Å²) in [6.45, 7) is 2.96. The minimum absolute atomic E-state index is 0.0357. The fourth-order valence-electron chi connectivity index (χ4n) is 3.73. The molecule has 2 heterocycles. The van der Waals surface area contributed by atoms with Crippen molar-refractivity contribution in [3.8, 4) is 0 Å². The summed E-state index contributed by atoms with van der Waals surface area (Å²) in [5, 5.41) is 2.91. The van der Waals surface area contributed by atoms with E-state index < -0.39 is 0 Å². The number of nitrogens with zero attached hydrogens (tertiary/aromatic N) is 2. The molecule has 4 rings (SSSR count). The lowest BCUT2D eigenvalue weighted by molar-refractivity contribution is 0.0668. The zero-order valence-electron chi connectivity index (χ0n) is 17.0. The molecule has 0 unspecified atom stereocenters. The van der Waals surface area contributed by atoms with Crippen LogP contribution in [0, 0.1) is 0 Å². The first-order valence-electron chi connectivity index (χ1n) is 10.4. The van der Waals surface area contributed by atoms with Crippen LogP contribution in [-0.4, -0.2) is 66.4 Å². The van der Waals surface area contributed by atoms with Crippen LogP contribution in [0.5, 0.6) is 0 Å². The first-order valence-corrected chi connectivity index (χ1v) is 11.4. The predicted octanol–water partition coefficient (Wildman–Crippen LogP) is 3.95. The highest BCUT2D eigenvalue weighted by Gasteiger charge is 2.26. The Bertz CT molecular complexity index is 863. The van der Waals surface area contributed by atoms with E-state index in [1.54, 1.807) is 16.7 Å². The normalized spacial score (nSPS) is 19.0. The van der Waals surface area contributed by atoms with Gasteiger partial charge < -0.3 is 19.9 Å². The van der Waals surface area contributed by atoms with Gasteiger partial charge in [0.1, 0.15) is 0 Å². The van der Waals surface area contributed by atoms with Crippen LogP contribution in [0.2, 0.25) is 0 Å². The second-order valence-electron chi connectivity index (χ2n) is 7.52. The number of benzene rings is 2. The maximum atomic E-state index is 13.1. The van der Waals surface area contributed by atoms with E-state index in [0.717, 1.165) is 41.3 Å². The number of urea groups is 1. The van der Waals surface area contributed by atoms with E-state index in [9.17, 15) is 9.59 Å². The molecule has 1 N–H and O–H groups in total. The number of ether oxygens (including phenoxy) is 1. The molecule has 0 aromatic heterocycles. The fraction of sp³-hybridized carbons (Fsp3) is 0.391. The molecule has 0 aliphatic carbocycles. The first-order chi connectivity index (χ1) is 14.7. The Kier molecular flexibility index (Phi) is 6.92. The van der Waals surface area contributed by atoms with Crippen molar-refractivity contribution in [2.75, 3.05) is 43.9 Å². The number of hydrogen-bond acceptors (Lipinski definition) is 4. The third-order valence-corrected chi connectivity index (χ3v) is 6.65. The van der Waals surface area contributed by atoms with E-state index in [0.29, 0.717) is 26.2 Å². The minimum Gasteiger partial charge on any atom is -0.377 e. The molecule has 2 aliphatic heterocycles. The van der Waals surface area contributed by atoms with Crippen LogP contribution in [0.25, 0.3) is 0 Å². The second-order valence-corrected chi connectivity index (χ2v) is 8.58. The number of carbonyl (C=O) groups excluding carboxylic acids is 2. The van der Waals surface area contributed by atoms with Crippen molar-refractivity contribution in [2.24, 2.45) is 0 Å². The summed E-state index contributed by atoms with van der Waals surface area (Å²) in [5.74, 6) is 0.908. The lowest BCUT2D eigenvalue weighted by Gasteiger charge is -2.35. The van der Waals surface area contributed by atoms with Gasteiger partial charge in [-0.1, -0.05) is 30.3 Å². The highest BCUT2D eigenvalue weighted by Crippen LogP contribution is 2.28. The van der Waals surface area contributed by atoms with Gasteiger partial charge in [0.15, 0.2) is 0 Å². The Morgan fingerprint density at radius 1 is 0.967 bits per heavy atom. The average Bonchev–Trinajstić information content (AvgIpc) is 3.32. The summed E-state index contributed by atoms with van der Waals surface area (Å²) in [4.78, 5) is 30.2. The Hall–Kier alpha value is -2.51. The van der Waals surface area contributed by atoms with Crippen LogP contribution in [0.4, 0.5) is 10.5 Å². The Balaban J connectivity index is 1.32. The molecule has 2 aromatic rings. The number of nitrogens with one attached hydrogen (secondary N) is 1. The molecular weight excluding hydrogens is 398 g/mol. The Morgan fingerprint density at radius 2 is 1.67 bits per heavy atom. The molecule has 2 fully saturated rings. The maximum Gasteiger partial charge on any atom is 0.321 e. The average molecular weight is 426 g/mol. The molecule has 0 radical (unpaired) electrons. The molecule has 2 saturated heterocycles. The molecular formula is C23H27N3O3S. The van der Waals surface area contributed by atoms with Gasteiger partial charge in [-0.15, -0.1) is 11.8 Å². The minimum atomic E-state index is -0.124. The summed E-state index contributed by atoms with van der Waals surface area (Å²) >= 11 is 1.70. The number of amides is 3. The monoisotopic (exact) mass is 425 g/mol. The molecule has 0 saturated carbocycles. The van der Waals surface area contributed by atoms with E-state index >= 15 is 0 Å². The molecule has 7 heteroatoms. The van der Waals surface area contributed by atoms with Crippen LogP contribution in [0.1, 0.15) is 23.2 Å². The number of thioether (sulfide) groups is 1. The number of rotatable bonds is 5. The third kappa shape index (κ3) is 5.15. The quantitative estimate of drug-likeness (QED) is 0.737. The van der Waals surface area contributed by atoms with Crippen molar-refractivity contribution in [3.63, 3.8) is 0 Å². The van der Waals surface area contributed by atoms with E-state index in [-0.39, 0.29) is 18.0 Å². The van der Waals surface area contributed by atoms with Crippen LogP contribution in [0.15, 0.2) is 59.5 Å². The summed E-state index contributed by atoms with van der Waals surface area (Å²) in [6.07, 6.45) is 2.49. The molecule has 30 heavy (non-hydrogen) atoms. The molecule has 0 bridgehead atoms. The Morgan fingerprint density at radius 3 is 2.40 bits per heavy atom. The number of anilines is 1. The van der Waals surface area contributed by atoms with E-state index in [4.69, 9.17) is 4.74 Å². The van der Waals surface area contributed by atoms with Crippen molar-refractivity contribution < 1.29 is 14.3 Å². The van der Waals surface area contributed by atoms with Gasteiger partial charge in [0, 0.05) is 49.1 Å². The highest BCUT2D eigenvalue weighted by molar-refractivity contribution is 7.99. The van der Waals surface area contributed by atoms with Crippen molar-refractivity contribution in [2.45, 2.75) is 23.8 Å². The topological polar surface area (TPSA) is 61.9 Å². The molecule has 6 nitrogen and oxygen atoms in total. The van der Waals surface area contributed by atoms with Crippen LogP contribution >= 0.6 is 11.8 Å². The number of piperazine rings is 1. The van der Waals surface area contributed by atoms with Crippen LogP contribution in [0.3, 0.4) is 0 Å².